The fourth-order valence-electron chi connectivity index (χ4n) is 7.65. The van der Waals surface area contributed by atoms with Gasteiger partial charge in [-0.2, -0.15) is 0 Å². The molecule has 0 unspecified atom stereocenters. The summed E-state index contributed by atoms with van der Waals surface area (Å²) in [6.45, 7) is 5.47. The fourth-order valence-corrected chi connectivity index (χ4v) is 7.65. The molecule has 22 nitrogen and oxygen atoms in total. The van der Waals surface area contributed by atoms with Crippen LogP contribution in [-0.2, 0) is 44.4 Å². The van der Waals surface area contributed by atoms with E-state index in [9.17, 15) is 60.3 Å². The van der Waals surface area contributed by atoms with Crippen molar-refractivity contribution in [3.8, 4) is 34.3 Å². The van der Waals surface area contributed by atoms with E-state index >= 15 is 0 Å². The van der Waals surface area contributed by atoms with Crippen molar-refractivity contribution >= 4 is 22.9 Å². The number of hydrogen-bond donors (Lipinski definition) is 9. The Labute approximate surface area is 370 Å². The number of phenolic OH excluding ortho intramolecular Hbond substituents is 1. The number of rotatable bonds is 14. The van der Waals surface area contributed by atoms with E-state index in [0.717, 1.165) is 25.5 Å². The molecule has 0 bridgehead atoms. The zero-order chi connectivity index (χ0) is 47.6. The predicted octanol–water partition coefficient (Wildman–Crippen LogP) is -0.966. The summed E-state index contributed by atoms with van der Waals surface area (Å²) in [5, 5.41) is 96.3. The number of esters is 2. The molecule has 9 N–H and O–H groups in total. The lowest BCUT2D eigenvalue weighted by Gasteiger charge is -2.46. The number of carbonyl (C=O) groups excluding carboxylic acids is 2. The lowest BCUT2D eigenvalue weighted by Crippen LogP contribution is -2.65. The van der Waals surface area contributed by atoms with Crippen molar-refractivity contribution in [2.75, 3.05) is 20.3 Å². The Morgan fingerprint density at radius 3 is 1.94 bits per heavy atom. The highest BCUT2D eigenvalue weighted by atomic mass is 16.8. The van der Waals surface area contributed by atoms with Gasteiger partial charge in [-0.05, 0) is 51.5 Å². The van der Waals surface area contributed by atoms with Gasteiger partial charge < -0.3 is 93.0 Å². The minimum Gasteiger partial charge on any atom is -0.507 e. The summed E-state index contributed by atoms with van der Waals surface area (Å²) < 4.78 is 57.9. The number of carbonyl (C=O) groups is 2. The van der Waals surface area contributed by atoms with Crippen LogP contribution in [0.3, 0.4) is 0 Å². The minimum absolute atomic E-state index is 0.0262. The molecule has 15 atom stereocenters. The molecule has 3 aliphatic rings. The molecule has 0 saturated carbocycles. The van der Waals surface area contributed by atoms with Gasteiger partial charge in [0.1, 0.15) is 77.0 Å². The van der Waals surface area contributed by atoms with E-state index < -0.39 is 140 Å². The molecule has 0 aliphatic carbocycles. The molecular formula is C43H54O22. The molecule has 0 amide bonds. The second-order valence-electron chi connectivity index (χ2n) is 16.0. The van der Waals surface area contributed by atoms with Crippen LogP contribution in [0.4, 0.5) is 0 Å². The molecule has 3 fully saturated rings. The zero-order valence-electron chi connectivity index (χ0n) is 36.1. The van der Waals surface area contributed by atoms with Crippen molar-refractivity contribution in [3.63, 3.8) is 0 Å². The van der Waals surface area contributed by atoms with Crippen LogP contribution in [0.15, 0.2) is 51.2 Å². The topological polar surface area (TPSA) is 329 Å². The summed E-state index contributed by atoms with van der Waals surface area (Å²) in [4.78, 5) is 39.1. The van der Waals surface area contributed by atoms with Gasteiger partial charge in [-0.3, -0.25) is 14.4 Å². The zero-order valence-corrected chi connectivity index (χ0v) is 36.1. The van der Waals surface area contributed by atoms with E-state index in [4.69, 9.17) is 47.0 Å². The number of methoxy groups -OCH3 is 1. The Morgan fingerprint density at radius 1 is 0.723 bits per heavy atom. The van der Waals surface area contributed by atoms with Gasteiger partial charge in [0.2, 0.25) is 23.8 Å². The summed E-state index contributed by atoms with van der Waals surface area (Å²) in [6.07, 6.45) is -23.8. The Balaban J connectivity index is 1.52. The fraction of sp³-hybridized carbons (Fsp3) is 0.558. The van der Waals surface area contributed by atoms with Crippen LogP contribution in [0.1, 0.15) is 40.2 Å². The van der Waals surface area contributed by atoms with Crippen LogP contribution in [0.25, 0.3) is 22.3 Å². The van der Waals surface area contributed by atoms with Crippen molar-refractivity contribution in [1.29, 1.82) is 0 Å². The highest BCUT2D eigenvalue weighted by Gasteiger charge is 2.53. The van der Waals surface area contributed by atoms with Gasteiger partial charge >= 0.3 is 11.9 Å². The van der Waals surface area contributed by atoms with Crippen LogP contribution >= 0.6 is 0 Å². The Kier molecular flexibility index (Phi) is 15.8. The highest BCUT2D eigenvalue weighted by Crippen LogP contribution is 2.42. The van der Waals surface area contributed by atoms with E-state index in [-0.39, 0.29) is 34.6 Å². The van der Waals surface area contributed by atoms with Gasteiger partial charge in [0.25, 0.3) is 0 Å². The van der Waals surface area contributed by atoms with Crippen molar-refractivity contribution in [2.24, 2.45) is 0 Å². The van der Waals surface area contributed by atoms with Crippen LogP contribution in [0.2, 0.25) is 0 Å². The summed E-state index contributed by atoms with van der Waals surface area (Å²) in [6, 6.07) is 7.11. The second kappa shape index (κ2) is 20.7. The first kappa shape index (κ1) is 49.5. The summed E-state index contributed by atoms with van der Waals surface area (Å²) in [7, 11) is 1.43. The summed E-state index contributed by atoms with van der Waals surface area (Å²) >= 11 is 0. The Morgan fingerprint density at radius 2 is 1.34 bits per heavy atom. The van der Waals surface area contributed by atoms with Crippen LogP contribution in [-0.4, -0.2) is 170 Å². The molecule has 3 saturated heterocycles. The van der Waals surface area contributed by atoms with Crippen molar-refractivity contribution in [2.45, 2.75) is 133 Å². The number of hydrogen-bond acceptors (Lipinski definition) is 22. The van der Waals surface area contributed by atoms with E-state index in [1.54, 1.807) is 19.9 Å². The monoisotopic (exact) mass is 922 g/mol. The Hall–Kier alpha value is -4.95. The summed E-state index contributed by atoms with van der Waals surface area (Å²) in [5.74, 6) is -3.22. The SMILES string of the molecule is COc1ccc(-c2oc3c(CC=C(C)C)c(O[C@@H]4O[C@H](CO)[C@@H](O)[C@H](O)[C@H]4O)cc(O)c3c(=O)c2O[C@@H]2O[C@@H](C)[C@H](OC(C)=O)[C@@H](O)[C@H]2O[C@@H]2O[C@H](CO)[C@@H](O)[C@H](OC(C)=O)[C@H]2O)cc1. The minimum atomic E-state index is -1.97. The molecular weight excluding hydrogens is 868 g/mol. The largest absolute Gasteiger partial charge is 0.507 e. The molecule has 358 valence electrons. The molecule has 4 heterocycles. The number of aliphatic hydroxyl groups is 8. The molecule has 3 aliphatic heterocycles. The molecule has 1 aromatic heterocycles. The lowest BCUT2D eigenvalue weighted by atomic mass is 9.97. The molecule has 6 rings (SSSR count). The lowest BCUT2D eigenvalue weighted by molar-refractivity contribution is -0.356. The van der Waals surface area contributed by atoms with Crippen LogP contribution < -0.4 is 19.6 Å². The number of benzene rings is 2. The van der Waals surface area contributed by atoms with Gasteiger partial charge in [-0.15, -0.1) is 0 Å². The number of ether oxygens (including phenoxy) is 9. The molecule has 2 aromatic carbocycles. The van der Waals surface area contributed by atoms with Gasteiger partial charge in [-0.1, -0.05) is 11.6 Å². The average molecular weight is 923 g/mol. The first-order valence-electron chi connectivity index (χ1n) is 20.5. The van der Waals surface area contributed by atoms with Gasteiger partial charge in [-0.25, -0.2) is 0 Å². The van der Waals surface area contributed by atoms with Gasteiger partial charge in [0, 0.05) is 31.0 Å². The van der Waals surface area contributed by atoms with Gasteiger partial charge in [0.15, 0.2) is 30.4 Å². The molecule has 22 heteroatoms. The van der Waals surface area contributed by atoms with Gasteiger partial charge in [0.05, 0.1) is 26.4 Å². The quantitative estimate of drug-likeness (QED) is 0.0694. The van der Waals surface area contributed by atoms with Crippen molar-refractivity contribution in [1.82, 2.24) is 0 Å². The van der Waals surface area contributed by atoms with E-state index in [0.29, 0.717) is 5.75 Å². The van der Waals surface area contributed by atoms with E-state index in [2.05, 4.69) is 0 Å². The van der Waals surface area contributed by atoms with E-state index in [1.165, 1.54) is 38.3 Å². The van der Waals surface area contributed by atoms with E-state index in [1.807, 2.05) is 0 Å². The maximum atomic E-state index is 15.0. The smallest absolute Gasteiger partial charge is 0.303 e. The Bertz CT molecular complexity index is 2240. The van der Waals surface area contributed by atoms with Crippen LogP contribution in [0.5, 0.6) is 23.0 Å². The first-order chi connectivity index (χ1) is 30.8. The maximum Gasteiger partial charge on any atom is 0.303 e. The maximum absolute atomic E-state index is 15.0. The standard InChI is InChI=1S/C43H54O22/c1-16(2)7-12-22-24(60-41-32(53)31(52)28(49)25(14-44)61-41)13-23(48)27-30(51)39(36(63-37(22)27)20-8-10-21(56-6)11-9-20)64-43-40(33(54)35(17(3)57-43)58-18(4)46)65-42-34(55)38(59-19(5)47)29(50)26(15-45)62-42/h7-11,13,17,25-26,28-29,31-35,38,40-45,48-50,52-55H,12,14-15H2,1-6H3/t17-,25+,26+,28+,29+,31-,32+,33+,34+,35-,38-,40+,41+,42-,43-/m0/s1. The third-order valence-corrected chi connectivity index (χ3v) is 11.0. The molecule has 65 heavy (non-hydrogen) atoms. The third kappa shape index (κ3) is 10.4. The van der Waals surface area contributed by atoms with Crippen LogP contribution in [0, 0.1) is 0 Å². The van der Waals surface area contributed by atoms with Crippen molar-refractivity contribution < 1.29 is 103 Å². The highest BCUT2D eigenvalue weighted by molar-refractivity contribution is 5.91. The number of aliphatic hydroxyl groups excluding tert-OH is 8. The molecule has 0 radical (unpaired) electrons. The normalized spacial score (nSPS) is 32.6. The van der Waals surface area contributed by atoms with Crippen molar-refractivity contribution in [3.05, 3.63) is 57.8 Å². The molecule has 3 aromatic rings. The molecule has 0 spiro atoms. The second-order valence-corrected chi connectivity index (χ2v) is 16.0. The first-order valence-corrected chi connectivity index (χ1v) is 20.5. The number of phenols is 1. The number of fused-ring (bicyclic) bond motifs is 1. The predicted molar refractivity (Wildman–Crippen MR) is 218 cm³/mol. The summed E-state index contributed by atoms with van der Waals surface area (Å²) in [5.41, 5.74) is -0.179. The average Bonchev–Trinajstić information content (AvgIpc) is 3.26. The third-order valence-electron chi connectivity index (χ3n) is 11.0. The number of aromatic hydroxyl groups is 1. The number of allylic oxidation sites excluding steroid dienone is 2.